The molecule has 1 heterocycles. The molecule has 0 amide bonds. The van der Waals surface area contributed by atoms with E-state index in [1.807, 2.05) is 18.2 Å². The fourth-order valence-electron chi connectivity index (χ4n) is 5.56. The van der Waals surface area contributed by atoms with Crippen LogP contribution in [0.5, 0.6) is 17.2 Å². The minimum atomic E-state index is 0.143. The van der Waals surface area contributed by atoms with Gasteiger partial charge in [-0.25, -0.2) is 0 Å². The van der Waals surface area contributed by atoms with Gasteiger partial charge in [-0.15, -0.1) is 0 Å². The topological polar surface area (TPSA) is 55.0 Å². The van der Waals surface area contributed by atoms with Crippen molar-refractivity contribution in [1.82, 2.24) is 15.5 Å². The first kappa shape index (κ1) is 23.6. The maximum Gasteiger partial charge on any atom is 0.166 e. The van der Waals surface area contributed by atoms with Crippen LogP contribution in [-0.4, -0.2) is 57.0 Å². The van der Waals surface area contributed by atoms with E-state index in [-0.39, 0.29) is 5.41 Å². The van der Waals surface area contributed by atoms with Crippen molar-refractivity contribution in [2.24, 2.45) is 0 Å². The maximum absolute atomic E-state index is 5.62. The van der Waals surface area contributed by atoms with Crippen molar-refractivity contribution in [3.05, 3.63) is 53.6 Å². The molecule has 1 saturated heterocycles. The fraction of sp³-hybridized carbons (Fsp3) is 0.500. The van der Waals surface area contributed by atoms with Crippen molar-refractivity contribution in [2.45, 2.75) is 49.7 Å². The van der Waals surface area contributed by atoms with Crippen LogP contribution in [0.25, 0.3) is 0 Å². The summed E-state index contributed by atoms with van der Waals surface area (Å²) in [7, 11) is 7.32. The number of nitrogens with one attached hydrogen (secondary N) is 2. The van der Waals surface area contributed by atoms with Crippen LogP contribution in [0, 0.1) is 0 Å². The number of fused-ring (bicyclic) bond motifs is 1. The predicted octanol–water partition coefficient (Wildman–Crippen LogP) is 3.87. The zero-order valence-electron chi connectivity index (χ0n) is 20.0. The lowest BCUT2D eigenvalue weighted by Gasteiger charge is -2.45. The Morgan fingerprint density at radius 2 is 1.79 bits per heavy atom. The average Bonchev–Trinajstić information content (AvgIpc) is 3.19. The zero-order chi connectivity index (χ0) is 23.4. The van der Waals surface area contributed by atoms with E-state index in [2.05, 4.69) is 46.8 Å². The van der Waals surface area contributed by atoms with Crippen molar-refractivity contribution < 1.29 is 14.2 Å². The van der Waals surface area contributed by atoms with E-state index in [0.717, 1.165) is 54.6 Å². The second-order valence-corrected chi connectivity index (χ2v) is 9.53. The number of hydrogen-bond acceptors (Lipinski definition) is 5. The molecule has 2 aliphatic rings. The van der Waals surface area contributed by atoms with E-state index in [1.54, 1.807) is 21.3 Å². The van der Waals surface area contributed by atoms with E-state index in [0.29, 0.717) is 18.6 Å². The van der Waals surface area contributed by atoms with Gasteiger partial charge in [0.05, 0.1) is 21.3 Å². The lowest BCUT2D eigenvalue weighted by Crippen LogP contribution is -2.53. The summed E-state index contributed by atoms with van der Waals surface area (Å²) in [5, 5.41) is 7.66. The summed E-state index contributed by atoms with van der Waals surface area (Å²) in [5.74, 6) is 2.45. The van der Waals surface area contributed by atoms with Crippen molar-refractivity contribution in [2.75, 3.05) is 34.9 Å². The van der Waals surface area contributed by atoms with Gasteiger partial charge in [0.1, 0.15) is 5.75 Å². The third kappa shape index (κ3) is 4.89. The number of ether oxygens (including phenoxy) is 3. The summed E-state index contributed by atoms with van der Waals surface area (Å²) in [6.45, 7) is 1.80. The van der Waals surface area contributed by atoms with E-state index >= 15 is 0 Å². The van der Waals surface area contributed by atoms with E-state index < -0.39 is 0 Å². The lowest BCUT2D eigenvalue weighted by molar-refractivity contribution is 0.161. The smallest absolute Gasteiger partial charge is 0.166 e. The maximum atomic E-state index is 5.62. The average molecular weight is 470 g/mol. The van der Waals surface area contributed by atoms with Crippen LogP contribution in [0.3, 0.4) is 0 Å². The summed E-state index contributed by atoms with van der Waals surface area (Å²) >= 11 is 5.62. The number of methoxy groups -OCH3 is 3. The molecule has 0 aromatic heterocycles. The molecule has 0 spiro atoms. The molecular weight excluding hydrogens is 434 g/mol. The molecule has 2 aromatic rings. The molecule has 7 heteroatoms. The Balaban J connectivity index is 1.40. The Kier molecular flexibility index (Phi) is 7.29. The van der Waals surface area contributed by atoms with Crippen molar-refractivity contribution in [3.8, 4) is 17.2 Å². The zero-order valence-corrected chi connectivity index (χ0v) is 20.8. The van der Waals surface area contributed by atoms with Gasteiger partial charge in [-0.05, 0) is 86.9 Å². The molecule has 0 bridgehead atoms. The van der Waals surface area contributed by atoms with Gasteiger partial charge in [0.25, 0.3) is 0 Å². The quantitative estimate of drug-likeness (QED) is 0.597. The van der Waals surface area contributed by atoms with Gasteiger partial charge >= 0.3 is 0 Å². The van der Waals surface area contributed by atoms with Crippen LogP contribution in [0.4, 0.5) is 0 Å². The first-order chi connectivity index (χ1) is 16.0. The van der Waals surface area contributed by atoms with Crippen LogP contribution in [0.15, 0.2) is 42.5 Å². The summed E-state index contributed by atoms with van der Waals surface area (Å²) in [6.07, 6.45) is 4.44. The number of thiocarbonyl (C=S) groups is 1. The monoisotopic (exact) mass is 469 g/mol. The van der Waals surface area contributed by atoms with E-state index in [9.17, 15) is 0 Å². The lowest BCUT2D eigenvalue weighted by atomic mass is 9.65. The molecule has 1 aliphatic heterocycles. The number of likely N-dealkylation sites (tertiary alicyclic amines) is 1. The number of hydrogen-bond donors (Lipinski definition) is 2. The van der Waals surface area contributed by atoms with Crippen LogP contribution in [0.2, 0.25) is 0 Å². The fourth-order valence-corrected chi connectivity index (χ4v) is 5.80. The van der Waals surface area contributed by atoms with Crippen molar-refractivity contribution in [3.63, 3.8) is 0 Å². The van der Waals surface area contributed by atoms with Crippen LogP contribution in [0.1, 0.15) is 36.8 Å². The summed E-state index contributed by atoms with van der Waals surface area (Å²) in [5.41, 5.74) is 2.67. The Morgan fingerprint density at radius 1 is 1.03 bits per heavy atom. The summed E-state index contributed by atoms with van der Waals surface area (Å²) in [6, 6.07) is 15.3. The molecule has 3 atom stereocenters. The molecule has 1 aliphatic carbocycles. The third-order valence-corrected chi connectivity index (χ3v) is 7.70. The molecule has 0 unspecified atom stereocenters. The van der Waals surface area contributed by atoms with Crippen LogP contribution < -0.4 is 24.8 Å². The highest BCUT2D eigenvalue weighted by Gasteiger charge is 2.50. The Labute approximate surface area is 202 Å². The molecule has 1 saturated carbocycles. The second-order valence-electron chi connectivity index (χ2n) is 9.12. The number of rotatable bonds is 7. The second kappa shape index (κ2) is 10.2. The van der Waals surface area contributed by atoms with Gasteiger partial charge in [-0.3, -0.25) is 0 Å². The molecule has 33 heavy (non-hydrogen) atoms. The SMILES string of the molecule is COc1ccc(CNC(=S)N[C@H]2CC[C@@]3(c4ccc(OC)c(OC)c4)CCN(C)[C@@H]3C2)cc1. The Bertz CT molecular complexity index is 968. The third-order valence-electron chi connectivity index (χ3n) is 7.43. The molecule has 0 radical (unpaired) electrons. The first-order valence-corrected chi connectivity index (χ1v) is 12.0. The summed E-state index contributed by atoms with van der Waals surface area (Å²) < 4.78 is 16.3. The number of likely N-dealkylation sites (N-methyl/N-ethyl adjacent to an activating group) is 1. The van der Waals surface area contributed by atoms with Crippen molar-refractivity contribution >= 4 is 17.3 Å². The highest BCUT2D eigenvalue weighted by Crippen LogP contribution is 2.49. The first-order valence-electron chi connectivity index (χ1n) is 11.6. The minimum Gasteiger partial charge on any atom is -0.497 e. The van der Waals surface area contributed by atoms with Crippen molar-refractivity contribution in [1.29, 1.82) is 0 Å². The molecule has 6 nitrogen and oxygen atoms in total. The normalized spacial score (nSPS) is 24.6. The minimum absolute atomic E-state index is 0.143. The van der Waals surface area contributed by atoms with Gasteiger partial charge in [-0.1, -0.05) is 18.2 Å². The highest BCUT2D eigenvalue weighted by atomic mass is 32.1. The van der Waals surface area contributed by atoms with E-state index in [1.165, 1.54) is 11.1 Å². The van der Waals surface area contributed by atoms with E-state index in [4.69, 9.17) is 26.4 Å². The Hall–Kier alpha value is -2.51. The number of nitrogens with zero attached hydrogens (tertiary/aromatic N) is 1. The largest absolute Gasteiger partial charge is 0.497 e. The van der Waals surface area contributed by atoms with Gasteiger partial charge in [0.2, 0.25) is 0 Å². The standard InChI is InChI=1S/C26H35N3O3S/c1-29-14-13-26(19-7-10-22(31-3)23(15-19)32-4)12-11-20(16-24(26)29)28-25(33)27-17-18-5-8-21(30-2)9-6-18/h5-10,15,20,24H,11-14,16-17H2,1-4H3,(H2,27,28,33)/t20-,24+,26-/m0/s1. The van der Waals surface area contributed by atoms with Crippen LogP contribution in [-0.2, 0) is 12.0 Å². The number of benzene rings is 2. The predicted molar refractivity (Wildman–Crippen MR) is 135 cm³/mol. The summed E-state index contributed by atoms with van der Waals surface area (Å²) in [4.78, 5) is 2.51. The van der Waals surface area contributed by atoms with Gasteiger partial charge in [0.15, 0.2) is 16.6 Å². The molecule has 4 rings (SSSR count). The molecule has 178 valence electrons. The Morgan fingerprint density at radius 3 is 2.48 bits per heavy atom. The molecule has 2 fully saturated rings. The van der Waals surface area contributed by atoms with Gasteiger partial charge in [0, 0.05) is 24.0 Å². The molecule has 2 aromatic carbocycles. The van der Waals surface area contributed by atoms with Gasteiger partial charge < -0.3 is 29.7 Å². The molecular formula is C26H35N3O3S. The highest BCUT2D eigenvalue weighted by molar-refractivity contribution is 7.80. The van der Waals surface area contributed by atoms with Crippen LogP contribution >= 0.6 is 12.2 Å². The molecule has 2 N–H and O–H groups in total. The van der Waals surface area contributed by atoms with Gasteiger partial charge in [-0.2, -0.15) is 0 Å².